The minimum atomic E-state index is -3.93. The predicted octanol–water partition coefficient (Wildman–Crippen LogP) is 1.85. The van der Waals surface area contributed by atoms with Gasteiger partial charge in [0, 0.05) is 25.7 Å². The zero-order chi connectivity index (χ0) is 17.6. The zero-order valence-electron chi connectivity index (χ0n) is 13.2. The van der Waals surface area contributed by atoms with Crippen molar-refractivity contribution in [3.63, 3.8) is 0 Å². The molecular formula is C14H20ClNO6S. The number of hydrogen-bond acceptors (Lipinski definition) is 5. The van der Waals surface area contributed by atoms with Crippen LogP contribution in [0.25, 0.3) is 0 Å². The van der Waals surface area contributed by atoms with Gasteiger partial charge in [-0.3, -0.25) is 4.79 Å². The van der Waals surface area contributed by atoms with Gasteiger partial charge in [-0.1, -0.05) is 11.6 Å². The van der Waals surface area contributed by atoms with Crippen molar-refractivity contribution in [3.8, 4) is 5.75 Å². The van der Waals surface area contributed by atoms with E-state index in [9.17, 15) is 13.2 Å². The lowest BCUT2D eigenvalue weighted by atomic mass is 10.3. The summed E-state index contributed by atoms with van der Waals surface area (Å²) in [5.41, 5.74) is 0. The van der Waals surface area contributed by atoms with Crippen molar-refractivity contribution in [2.75, 3.05) is 27.3 Å². The van der Waals surface area contributed by atoms with Gasteiger partial charge in [0.2, 0.25) is 10.0 Å². The first-order valence-electron chi connectivity index (χ1n) is 6.81. The van der Waals surface area contributed by atoms with Gasteiger partial charge in [-0.15, -0.1) is 0 Å². The molecule has 0 aliphatic rings. The average molecular weight is 366 g/mol. The third-order valence-electron chi connectivity index (χ3n) is 2.96. The van der Waals surface area contributed by atoms with Gasteiger partial charge < -0.3 is 14.6 Å². The van der Waals surface area contributed by atoms with Crippen LogP contribution in [0.2, 0.25) is 5.02 Å². The molecule has 1 N–H and O–H groups in total. The topological polar surface area (TPSA) is 93.1 Å². The molecule has 1 unspecified atom stereocenters. The molecule has 0 spiro atoms. The number of rotatable bonds is 9. The molecule has 0 fully saturated rings. The molecule has 130 valence electrons. The number of aliphatic carboxylic acids is 1. The van der Waals surface area contributed by atoms with Gasteiger partial charge in [-0.25, -0.2) is 12.7 Å². The quantitative estimate of drug-likeness (QED) is 0.717. The molecule has 1 aromatic carbocycles. The van der Waals surface area contributed by atoms with Gasteiger partial charge in [-0.2, -0.15) is 0 Å². The summed E-state index contributed by atoms with van der Waals surface area (Å²) in [6.45, 7) is 1.87. The number of ether oxygens (including phenoxy) is 2. The highest BCUT2D eigenvalue weighted by Crippen LogP contribution is 2.30. The lowest BCUT2D eigenvalue weighted by molar-refractivity contribution is -0.137. The first kappa shape index (κ1) is 19.7. The maximum atomic E-state index is 12.6. The molecule has 0 bridgehead atoms. The lowest BCUT2D eigenvalue weighted by Gasteiger charge is -2.21. The van der Waals surface area contributed by atoms with E-state index in [4.69, 9.17) is 26.2 Å². The van der Waals surface area contributed by atoms with Crippen LogP contribution in [-0.4, -0.2) is 57.2 Å². The maximum Gasteiger partial charge on any atom is 0.304 e. The normalized spacial score (nSPS) is 13.1. The fraction of sp³-hybridized carbons (Fsp3) is 0.500. The number of carbonyl (C=O) groups is 1. The maximum absolute atomic E-state index is 12.6. The zero-order valence-corrected chi connectivity index (χ0v) is 14.7. The Kier molecular flexibility index (Phi) is 7.27. The van der Waals surface area contributed by atoms with E-state index in [2.05, 4.69) is 0 Å². The first-order chi connectivity index (χ1) is 10.7. The second-order valence-corrected chi connectivity index (χ2v) is 7.39. The summed E-state index contributed by atoms with van der Waals surface area (Å²) in [7, 11) is -1.11. The van der Waals surface area contributed by atoms with Crippen molar-refractivity contribution in [1.29, 1.82) is 0 Å². The molecule has 0 saturated carbocycles. The molecule has 23 heavy (non-hydrogen) atoms. The molecule has 0 aliphatic heterocycles. The first-order valence-corrected chi connectivity index (χ1v) is 8.63. The molecule has 0 heterocycles. The van der Waals surface area contributed by atoms with Crippen LogP contribution < -0.4 is 4.74 Å². The number of nitrogens with zero attached hydrogens (tertiary/aromatic N) is 1. The molecule has 0 saturated heterocycles. The van der Waals surface area contributed by atoms with Crippen molar-refractivity contribution in [2.45, 2.75) is 24.3 Å². The van der Waals surface area contributed by atoms with E-state index in [0.29, 0.717) is 0 Å². The van der Waals surface area contributed by atoms with E-state index >= 15 is 0 Å². The van der Waals surface area contributed by atoms with Crippen LogP contribution in [0.3, 0.4) is 0 Å². The highest BCUT2D eigenvalue weighted by molar-refractivity contribution is 7.89. The van der Waals surface area contributed by atoms with Gasteiger partial charge in [0.1, 0.15) is 16.7 Å². The largest absolute Gasteiger partial charge is 0.487 e. The summed E-state index contributed by atoms with van der Waals surface area (Å²) in [6, 6.07) is 4.27. The minimum Gasteiger partial charge on any atom is -0.487 e. The van der Waals surface area contributed by atoms with Gasteiger partial charge >= 0.3 is 5.97 Å². The number of benzene rings is 1. The van der Waals surface area contributed by atoms with Gasteiger partial charge in [0.15, 0.2) is 0 Å². The van der Waals surface area contributed by atoms with Crippen LogP contribution in [0, 0.1) is 0 Å². The number of methoxy groups -OCH3 is 1. The van der Waals surface area contributed by atoms with Crippen molar-refractivity contribution in [1.82, 2.24) is 4.31 Å². The fourth-order valence-electron chi connectivity index (χ4n) is 1.81. The monoisotopic (exact) mass is 365 g/mol. The van der Waals surface area contributed by atoms with Crippen LogP contribution >= 0.6 is 11.6 Å². The Morgan fingerprint density at radius 1 is 1.43 bits per heavy atom. The summed E-state index contributed by atoms with van der Waals surface area (Å²) in [4.78, 5) is 10.5. The van der Waals surface area contributed by atoms with Crippen LogP contribution in [0.5, 0.6) is 5.75 Å². The smallest absolute Gasteiger partial charge is 0.304 e. The van der Waals surface area contributed by atoms with Gasteiger partial charge in [0.05, 0.1) is 13.0 Å². The van der Waals surface area contributed by atoms with Crippen LogP contribution in [0.4, 0.5) is 0 Å². The standard InChI is InChI=1S/C14H20ClNO6S/c1-10(9-21-3)22-12-5-4-11(15)8-13(12)23(19,20)16(2)7-6-14(17)18/h4-5,8,10H,6-7,9H2,1-3H3,(H,17,18). The summed E-state index contributed by atoms with van der Waals surface area (Å²) in [5.74, 6) is -0.940. The Labute approximate surface area is 140 Å². The SMILES string of the molecule is COCC(C)Oc1ccc(Cl)cc1S(=O)(=O)N(C)CCC(=O)O. The molecule has 0 amide bonds. The molecule has 1 atom stereocenters. The lowest BCUT2D eigenvalue weighted by Crippen LogP contribution is -2.30. The second kappa shape index (κ2) is 8.49. The molecule has 1 rings (SSSR count). The highest BCUT2D eigenvalue weighted by Gasteiger charge is 2.26. The van der Waals surface area contributed by atoms with E-state index in [1.807, 2.05) is 0 Å². The van der Waals surface area contributed by atoms with E-state index in [0.717, 1.165) is 4.31 Å². The van der Waals surface area contributed by atoms with E-state index < -0.39 is 16.0 Å². The third kappa shape index (κ3) is 5.65. The number of carboxylic acids is 1. The summed E-state index contributed by atoms with van der Waals surface area (Å²) in [5, 5.41) is 8.93. The van der Waals surface area contributed by atoms with Crippen molar-refractivity contribution in [3.05, 3.63) is 23.2 Å². The van der Waals surface area contributed by atoms with E-state index in [1.54, 1.807) is 6.92 Å². The molecule has 1 aromatic rings. The Bertz CT molecular complexity index is 649. The Morgan fingerprint density at radius 3 is 2.65 bits per heavy atom. The Balaban J connectivity index is 3.12. The summed E-state index contributed by atoms with van der Waals surface area (Å²) in [6.07, 6.45) is -0.661. The van der Waals surface area contributed by atoms with Crippen molar-refractivity contribution < 1.29 is 27.8 Å². The minimum absolute atomic E-state index is 0.110. The predicted molar refractivity (Wildman–Crippen MR) is 85.5 cm³/mol. The molecule has 0 radical (unpaired) electrons. The Hall–Kier alpha value is -1.35. The molecule has 0 aromatic heterocycles. The molecular weight excluding hydrogens is 346 g/mol. The Morgan fingerprint density at radius 2 is 2.09 bits per heavy atom. The molecule has 9 heteroatoms. The second-order valence-electron chi connectivity index (χ2n) is 4.95. The van der Waals surface area contributed by atoms with Gasteiger partial charge in [-0.05, 0) is 25.1 Å². The fourth-order valence-corrected chi connectivity index (χ4v) is 3.36. The van der Waals surface area contributed by atoms with E-state index in [-0.39, 0.29) is 41.3 Å². The van der Waals surface area contributed by atoms with E-state index in [1.165, 1.54) is 32.4 Å². The van der Waals surface area contributed by atoms with Crippen LogP contribution in [0.15, 0.2) is 23.1 Å². The number of sulfonamides is 1. The number of carboxylic acid groups (broad SMARTS) is 1. The van der Waals surface area contributed by atoms with Crippen LogP contribution in [-0.2, 0) is 19.6 Å². The third-order valence-corrected chi connectivity index (χ3v) is 5.08. The van der Waals surface area contributed by atoms with Crippen LogP contribution in [0.1, 0.15) is 13.3 Å². The number of hydrogen-bond donors (Lipinski definition) is 1. The van der Waals surface area contributed by atoms with Crippen molar-refractivity contribution >= 4 is 27.6 Å². The summed E-state index contributed by atoms with van der Waals surface area (Å²) >= 11 is 5.90. The van der Waals surface area contributed by atoms with Gasteiger partial charge in [0.25, 0.3) is 0 Å². The summed E-state index contributed by atoms with van der Waals surface area (Å²) < 4.78 is 36.8. The molecule has 0 aliphatic carbocycles. The number of halogens is 1. The highest BCUT2D eigenvalue weighted by atomic mass is 35.5. The average Bonchev–Trinajstić information content (AvgIpc) is 2.46. The van der Waals surface area contributed by atoms with Crippen molar-refractivity contribution in [2.24, 2.45) is 0 Å². The molecule has 7 nitrogen and oxygen atoms in total.